The molecule has 2 aliphatic heterocycles. The summed E-state index contributed by atoms with van der Waals surface area (Å²) in [6, 6.07) is 69.5. The van der Waals surface area contributed by atoms with Gasteiger partial charge in [-0.3, -0.25) is 0 Å². The molecule has 0 saturated carbocycles. The van der Waals surface area contributed by atoms with E-state index < -0.39 is 61.4 Å². The second kappa shape index (κ2) is 27.2. The van der Waals surface area contributed by atoms with E-state index >= 15 is 0 Å². The van der Waals surface area contributed by atoms with Gasteiger partial charge in [-0.2, -0.15) is 0 Å². The van der Waals surface area contributed by atoms with E-state index in [-0.39, 0.29) is 46.2 Å². The lowest BCUT2D eigenvalue weighted by atomic mass is 9.96. The van der Waals surface area contributed by atoms with Crippen molar-refractivity contribution in [2.24, 2.45) is 0 Å². The number of aliphatic hydroxyl groups is 1. The number of hydrogen-bond acceptors (Lipinski definition) is 11. The fraction of sp³-hybridized carbons (Fsp3) is 0.311. The SMILES string of the molecule is O[C@@H]1[C@H](OCc2ccccc2)[C@@H](OCc2ccccc2)[C@H](O[C@H]2[C@H](OCc3ccccc3)[C@@H](OCc3ccccc3)[C@@H](OCc3ccccc3)O[C@@H]2COCc2ccccc2)O[C@@H]1COCc1ccccc1. The lowest BCUT2D eigenvalue weighted by Crippen LogP contribution is -2.66. The van der Waals surface area contributed by atoms with Crippen LogP contribution >= 0.6 is 0 Å². The molecule has 0 amide bonds. The van der Waals surface area contributed by atoms with Crippen LogP contribution in [-0.2, 0) is 93.6 Å². The monoisotopic (exact) mass is 972 g/mol. The average Bonchev–Trinajstić information content (AvgIpc) is 3.44. The topological polar surface area (TPSA) is 113 Å². The van der Waals surface area contributed by atoms with Gasteiger partial charge in [-0.25, -0.2) is 0 Å². The van der Waals surface area contributed by atoms with Crippen molar-refractivity contribution >= 4 is 0 Å². The van der Waals surface area contributed by atoms with Gasteiger partial charge in [-0.1, -0.05) is 212 Å². The molecule has 2 saturated heterocycles. The third-order valence-electron chi connectivity index (χ3n) is 12.7. The maximum absolute atomic E-state index is 12.4. The summed E-state index contributed by atoms with van der Waals surface area (Å²) < 4.78 is 68.6. The van der Waals surface area contributed by atoms with Gasteiger partial charge >= 0.3 is 0 Å². The van der Waals surface area contributed by atoms with E-state index in [1.165, 1.54) is 0 Å². The van der Waals surface area contributed by atoms with Gasteiger partial charge in [0.05, 0.1) is 59.5 Å². The number of ether oxygens (including phenoxy) is 10. The molecular formula is C61H64O11. The first-order valence-electron chi connectivity index (χ1n) is 24.8. The largest absolute Gasteiger partial charge is 0.387 e. The Bertz CT molecular complexity index is 2550. The highest BCUT2D eigenvalue weighted by Crippen LogP contribution is 2.36. The third kappa shape index (κ3) is 14.8. The molecule has 2 heterocycles. The highest BCUT2D eigenvalue weighted by molar-refractivity contribution is 5.19. The van der Waals surface area contributed by atoms with Crippen LogP contribution in [0.5, 0.6) is 0 Å². The van der Waals surface area contributed by atoms with E-state index in [1.807, 2.05) is 212 Å². The zero-order valence-electron chi connectivity index (χ0n) is 40.4. The van der Waals surface area contributed by atoms with Gasteiger partial charge in [-0.15, -0.1) is 0 Å². The predicted octanol–water partition coefficient (Wildman–Crippen LogP) is 10.2. The minimum atomic E-state index is -1.18. The normalized spacial score (nSPS) is 24.2. The van der Waals surface area contributed by atoms with Crippen LogP contribution in [0.3, 0.4) is 0 Å². The van der Waals surface area contributed by atoms with Gasteiger partial charge in [0.2, 0.25) is 0 Å². The Labute approximate surface area is 423 Å². The van der Waals surface area contributed by atoms with Crippen LogP contribution in [0, 0.1) is 0 Å². The molecular weight excluding hydrogens is 909 g/mol. The second-order valence-corrected chi connectivity index (χ2v) is 18.0. The van der Waals surface area contributed by atoms with Crippen molar-refractivity contribution in [2.45, 2.75) is 108 Å². The Kier molecular flexibility index (Phi) is 19.3. The summed E-state index contributed by atoms with van der Waals surface area (Å²) >= 11 is 0. The van der Waals surface area contributed by atoms with Crippen LogP contribution in [0.4, 0.5) is 0 Å². The van der Waals surface area contributed by atoms with Crippen LogP contribution in [-0.4, -0.2) is 79.7 Å². The molecule has 0 spiro atoms. The summed E-state index contributed by atoms with van der Waals surface area (Å²) in [5, 5.41) is 12.4. The van der Waals surface area contributed by atoms with Gasteiger partial charge in [-0.05, 0) is 38.9 Å². The minimum absolute atomic E-state index is 0.0312. The van der Waals surface area contributed by atoms with E-state index in [2.05, 4.69) is 0 Å². The summed E-state index contributed by atoms with van der Waals surface area (Å²) in [5.74, 6) is 0. The second-order valence-electron chi connectivity index (χ2n) is 18.0. The Morgan fingerprint density at radius 2 is 0.583 bits per heavy atom. The molecule has 374 valence electrons. The van der Waals surface area contributed by atoms with E-state index in [0.29, 0.717) is 13.2 Å². The van der Waals surface area contributed by atoms with E-state index in [1.54, 1.807) is 0 Å². The van der Waals surface area contributed by atoms with Crippen LogP contribution < -0.4 is 0 Å². The molecule has 11 nitrogen and oxygen atoms in total. The van der Waals surface area contributed by atoms with Gasteiger partial charge in [0.1, 0.15) is 48.8 Å². The number of aliphatic hydroxyl groups excluding tert-OH is 1. The predicted molar refractivity (Wildman–Crippen MR) is 272 cm³/mol. The molecule has 7 aromatic rings. The van der Waals surface area contributed by atoms with Gasteiger partial charge in [0, 0.05) is 0 Å². The summed E-state index contributed by atoms with van der Waals surface area (Å²) in [6.45, 7) is 1.81. The Morgan fingerprint density at radius 3 is 0.972 bits per heavy atom. The van der Waals surface area contributed by atoms with Crippen LogP contribution in [0.1, 0.15) is 38.9 Å². The smallest absolute Gasteiger partial charge is 0.187 e. The van der Waals surface area contributed by atoms with Crippen LogP contribution in [0.15, 0.2) is 212 Å². The van der Waals surface area contributed by atoms with E-state index in [0.717, 1.165) is 38.9 Å². The number of rotatable bonds is 25. The van der Waals surface area contributed by atoms with E-state index in [4.69, 9.17) is 47.4 Å². The van der Waals surface area contributed by atoms with Crippen LogP contribution in [0.25, 0.3) is 0 Å². The van der Waals surface area contributed by atoms with Crippen molar-refractivity contribution in [2.75, 3.05) is 13.2 Å². The molecule has 11 heteroatoms. The number of benzene rings is 7. The summed E-state index contributed by atoms with van der Waals surface area (Å²) in [6.07, 6.45) is -9.47. The van der Waals surface area contributed by atoms with Gasteiger partial charge < -0.3 is 52.5 Å². The highest BCUT2D eigenvalue weighted by atomic mass is 16.8. The molecule has 0 bridgehead atoms. The maximum Gasteiger partial charge on any atom is 0.187 e. The standard InChI is InChI=1S/C61H64O11/c62-54-52(43-63-36-45-22-8-1-9-23-45)70-61(58(67-40-49-30-16-5-17-31-49)56(54)65-38-47-26-12-3-13-27-47)72-55-53(44-64-37-46-24-10-2-11-25-46)71-60(69-42-51-34-20-7-21-35-51)59(68-41-50-32-18-6-19-33-50)57(55)66-39-48-28-14-4-15-29-48/h1-35,52-62H,36-44H2/t52-,53-,54+,55-,56+,57+,58-,59-,60+,61+/m1/s1. The van der Waals surface area contributed by atoms with Crippen molar-refractivity contribution in [3.05, 3.63) is 251 Å². The quantitative estimate of drug-likeness (QED) is 0.0591. The first kappa shape index (κ1) is 51.0. The average molecular weight is 973 g/mol. The molecule has 0 aromatic heterocycles. The molecule has 2 fully saturated rings. The van der Waals surface area contributed by atoms with Crippen molar-refractivity contribution in [3.63, 3.8) is 0 Å². The molecule has 0 aliphatic carbocycles. The molecule has 10 atom stereocenters. The lowest BCUT2D eigenvalue weighted by molar-refractivity contribution is -0.376. The van der Waals surface area contributed by atoms with Crippen LogP contribution in [0.2, 0.25) is 0 Å². The Hall–Kier alpha value is -5.90. The summed E-state index contributed by atoms with van der Waals surface area (Å²) in [5.41, 5.74) is 6.72. The lowest BCUT2D eigenvalue weighted by Gasteiger charge is -2.49. The molecule has 9 rings (SSSR count). The van der Waals surface area contributed by atoms with Crippen molar-refractivity contribution in [1.29, 1.82) is 0 Å². The van der Waals surface area contributed by atoms with Crippen molar-refractivity contribution in [1.82, 2.24) is 0 Å². The van der Waals surface area contributed by atoms with Gasteiger partial charge in [0.15, 0.2) is 12.6 Å². The molecule has 0 radical (unpaired) electrons. The fourth-order valence-corrected chi connectivity index (χ4v) is 8.89. The highest BCUT2D eigenvalue weighted by Gasteiger charge is 2.54. The third-order valence-corrected chi connectivity index (χ3v) is 12.7. The molecule has 7 aromatic carbocycles. The summed E-state index contributed by atoms with van der Waals surface area (Å²) in [4.78, 5) is 0. The zero-order valence-corrected chi connectivity index (χ0v) is 40.4. The maximum atomic E-state index is 12.4. The molecule has 0 unspecified atom stereocenters. The number of hydrogen-bond donors (Lipinski definition) is 1. The molecule has 72 heavy (non-hydrogen) atoms. The molecule has 2 aliphatic rings. The Morgan fingerprint density at radius 1 is 0.292 bits per heavy atom. The summed E-state index contributed by atoms with van der Waals surface area (Å²) in [7, 11) is 0. The van der Waals surface area contributed by atoms with Crippen molar-refractivity contribution < 1.29 is 52.5 Å². The van der Waals surface area contributed by atoms with E-state index in [9.17, 15) is 5.11 Å². The fourth-order valence-electron chi connectivity index (χ4n) is 8.89. The zero-order chi connectivity index (χ0) is 49.0. The van der Waals surface area contributed by atoms with Crippen molar-refractivity contribution in [3.8, 4) is 0 Å². The van der Waals surface area contributed by atoms with Gasteiger partial charge in [0.25, 0.3) is 0 Å². The minimum Gasteiger partial charge on any atom is -0.387 e. The molecule has 1 N–H and O–H groups in total. The first-order valence-corrected chi connectivity index (χ1v) is 24.8. The Balaban J connectivity index is 1.09. The first-order chi connectivity index (χ1) is 35.6.